The molecule has 0 aromatic carbocycles. The third-order valence-electron chi connectivity index (χ3n) is 3.28. The van der Waals surface area contributed by atoms with E-state index in [-0.39, 0.29) is 12.6 Å². The minimum atomic E-state index is -0.564. The van der Waals surface area contributed by atoms with Crippen LogP contribution in [0.2, 0.25) is 0 Å². The van der Waals surface area contributed by atoms with Gasteiger partial charge in [-0.15, -0.1) is 5.11 Å². The van der Waals surface area contributed by atoms with Gasteiger partial charge < -0.3 is 9.84 Å². The van der Waals surface area contributed by atoms with Gasteiger partial charge in [0, 0.05) is 13.1 Å². The van der Waals surface area contributed by atoms with Crippen molar-refractivity contribution in [3.8, 4) is 0 Å². The summed E-state index contributed by atoms with van der Waals surface area (Å²) < 4.78 is 5.37. The molecule has 1 N–H and O–H groups in total. The average molecular weight is 282 g/mol. The van der Waals surface area contributed by atoms with E-state index in [1.54, 1.807) is 0 Å². The van der Waals surface area contributed by atoms with Crippen molar-refractivity contribution in [3.63, 3.8) is 0 Å². The Balaban J connectivity index is 2.23. The fourth-order valence-electron chi connectivity index (χ4n) is 2.40. The first-order valence-electron chi connectivity index (χ1n) is 6.90. The molecular weight excluding hydrogens is 260 g/mol. The van der Waals surface area contributed by atoms with Crippen molar-refractivity contribution in [1.29, 1.82) is 0 Å². The topological polar surface area (TPSA) is 77.7 Å². The molecule has 0 fully saturated rings. The monoisotopic (exact) mass is 282 g/mol. The summed E-state index contributed by atoms with van der Waals surface area (Å²) >= 11 is 0. The van der Waals surface area contributed by atoms with Crippen LogP contribution >= 0.6 is 0 Å². The molecule has 20 heavy (non-hydrogen) atoms. The highest BCUT2D eigenvalue weighted by molar-refractivity contribution is 5.71. The molecule has 2 aliphatic heterocycles. The van der Waals surface area contributed by atoms with E-state index < -0.39 is 11.7 Å². The van der Waals surface area contributed by atoms with Gasteiger partial charge in [-0.2, -0.15) is 0 Å². The molecule has 7 heteroatoms. The van der Waals surface area contributed by atoms with Crippen molar-refractivity contribution in [2.75, 3.05) is 19.7 Å². The molecule has 2 rings (SSSR count). The molecule has 2 aliphatic rings. The summed E-state index contributed by atoms with van der Waals surface area (Å²) in [5, 5.41) is 19.6. The Bertz CT molecular complexity index is 453. The van der Waals surface area contributed by atoms with Crippen molar-refractivity contribution in [2.45, 2.75) is 45.8 Å². The quantitative estimate of drug-likeness (QED) is 0.839. The maximum absolute atomic E-state index is 12.2. The highest BCUT2D eigenvalue weighted by atomic mass is 16.6. The van der Waals surface area contributed by atoms with E-state index in [1.165, 1.54) is 4.90 Å². The Morgan fingerprint density at radius 1 is 1.50 bits per heavy atom. The zero-order valence-electron chi connectivity index (χ0n) is 12.5. The number of ether oxygens (including phenoxy) is 1. The maximum atomic E-state index is 12.2. The summed E-state index contributed by atoms with van der Waals surface area (Å²) in [5.74, 6) is 0. The molecule has 112 valence electrons. The number of carbonyl (C=O) groups is 1. The van der Waals surface area contributed by atoms with Gasteiger partial charge in [-0.25, -0.2) is 4.79 Å². The second-order valence-corrected chi connectivity index (χ2v) is 5.87. The Morgan fingerprint density at radius 2 is 2.20 bits per heavy atom. The predicted molar refractivity (Wildman–Crippen MR) is 72.7 cm³/mol. The molecular formula is C13H22N4O3. The third kappa shape index (κ3) is 2.77. The van der Waals surface area contributed by atoms with Gasteiger partial charge in [-0.3, -0.25) is 9.91 Å². The van der Waals surface area contributed by atoms with Crippen molar-refractivity contribution in [2.24, 2.45) is 10.3 Å². The summed E-state index contributed by atoms with van der Waals surface area (Å²) in [6, 6.07) is 0.0563. The van der Waals surface area contributed by atoms with Crippen molar-refractivity contribution >= 4 is 6.09 Å². The van der Waals surface area contributed by atoms with Crippen LogP contribution in [0, 0.1) is 0 Å². The molecule has 2 heterocycles. The van der Waals surface area contributed by atoms with Crippen molar-refractivity contribution in [1.82, 2.24) is 9.91 Å². The van der Waals surface area contributed by atoms with E-state index in [9.17, 15) is 9.90 Å². The standard InChI is InChI=1S/C13H22N4O3/c1-5-17-9-6-7-16(12(19)20-13(2,3)4)10(8-18)11(9)14-15-17/h9,18H,5-8H2,1-4H3. The van der Waals surface area contributed by atoms with Crippen LogP contribution in [0.25, 0.3) is 0 Å². The second-order valence-electron chi connectivity index (χ2n) is 5.87. The Hall–Kier alpha value is -1.63. The fourth-order valence-corrected chi connectivity index (χ4v) is 2.40. The molecule has 1 atom stereocenters. The second kappa shape index (κ2) is 5.40. The van der Waals surface area contributed by atoms with Gasteiger partial charge in [-0.05, 0) is 34.1 Å². The molecule has 0 spiro atoms. The van der Waals surface area contributed by atoms with E-state index >= 15 is 0 Å². The smallest absolute Gasteiger partial charge is 0.414 e. The summed E-state index contributed by atoms with van der Waals surface area (Å²) in [4.78, 5) is 13.7. The summed E-state index contributed by atoms with van der Waals surface area (Å²) in [6.07, 6.45) is 0.288. The number of hydrogen-bond acceptors (Lipinski definition) is 6. The number of carbonyl (C=O) groups excluding carboxylic acids is 1. The van der Waals surface area contributed by atoms with Crippen LogP contribution in [0.15, 0.2) is 21.7 Å². The molecule has 0 saturated heterocycles. The van der Waals surface area contributed by atoms with Crippen LogP contribution in [-0.2, 0) is 4.74 Å². The number of fused-ring (bicyclic) bond motifs is 1. The van der Waals surface area contributed by atoms with E-state index in [4.69, 9.17) is 4.74 Å². The van der Waals surface area contributed by atoms with Gasteiger partial charge in [-0.1, -0.05) is 5.22 Å². The molecule has 1 amide bonds. The van der Waals surface area contributed by atoms with Gasteiger partial charge >= 0.3 is 6.09 Å². The van der Waals surface area contributed by atoms with Gasteiger partial charge in [0.05, 0.1) is 18.3 Å². The third-order valence-corrected chi connectivity index (χ3v) is 3.28. The first kappa shape index (κ1) is 14.8. The van der Waals surface area contributed by atoms with Gasteiger partial charge in [0.1, 0.15) is 11.3 Å². The summed E-state index contributed by atoms with van der Waals surface area (Å²) in [7, 11) is 0. The van der Waals surface area contributed by atoms with E-state index in [2.05, 4.69) is 10.3 Å². The zero-order valence-corrected chi connectivity index (χ0v) is 12.5. The van der Waals surface area contributed by atoms with E-state index in [0.717, 1.165) is 13.0 Å². The molecule has 0 aromatic heterocycles. The molecule has 1 unspecified atom stereocenters. The largest absolute Gasteiger partial charge is 0.443 e. The van der Waals surface area contributed by atoms with E-state index in [0.29, 0.717) is 17.9 Å². The highest BCUT2D eigenvalue weighted by Crippen LogP contribution is 2.33. The van der Waals surface area contributed by atoms with Crippen molar-refractivity contribution < 1.29 is 14.6 Å². The number of nitrogens with zero attached hydrogens (tertiary/aromatic N) is 4. The molecule has 0 radical (unpaired) electrons. The maximum Gasteiger partial charge on any atom is 0.414 e. The molecule has 7 nitrogen and oxygen atoms in total. The van der Waals surface area contributed by atoms with Crippen LogP contribution in [0.3, 0.4) is 0 Å². The van der Waals surface area contributed by atoms with Gasteiger partial charge in [0.15, 0.2) is 0 Å². The van der Waals surface area contributed by atoms with Gasteiger partial charge in [0.25, 0.3) is 0 Å². The molecule has 0 saturated carbocycles. The lowest BCUT2D eigenvalue weighted by atomic mass is 10.0. The first-order chi connectivity index (χ1) is 9.37. The number of aliphatic hydroxyl groups is 1. The summed E-state index contributed by atoms with van der Waals surface area (Å²) in [6.45, 7) is 8.46. The van der Waals surface area contributed by atoms with Crippen LogP contribution in [-0.4, -0.2) is 52.4 Å². The van der Waals surface area contributed by atoms with E-state index in [1.807, 2.05) is 32.7 Å². The number of hydrogen-bond donors (Lipinski definition) is 1. The average Bonchev–Trinajstić information content (AvgIpc) is 2.78. The molecule has 0 bridgehead atoms. The lowest BCUT2D eigenvalue weighted by molar-refractivity contribution is 0.0258. The lowest BCUT2D eigenvalue weighted by Crippen LogP contribution is -2.44. The van der Waals surface area contributed by atoms with Crippen molar-refractivity contribution in [3.05, 3.63) is 11.4 Å². The van der Waals surface area contributed by atoms with Crippen LogP contribution in [0.4, 0.5) is 4.79 Å². The first-order valence-corrected chi connectivity index (χ1v) is 6.90. The SMILES string of the molecule is CCN1N=NC2=C(CO)N(C(=O)OC(C)(C)C)CCC21. The predicted octanol–water partition coefficient (Wildman–Crippen LogP) is 1.90. The van der Waals surface area contributed by atoms with Crippen LogP contribution in [0.5, 0.6) is 0 Å². The normalized spacial score (nSPS) is 22.4. The minimum Gasteiger partial charge on any atom is -0.443 e. The van der Waals surface area contributed by atoms with Gasteiger partial charge in [0.2, 0.25) is 0 Å². The van der Waals surface area contributed by atoms with Crippen LogP contribution in [0.1, 0.15) is 34.1 Å². The fraction of sp³-hybridized carbons (Fsp3) is 0.769. The highest BCUT2D eigenvalue weighted by Gasteiger charge is 2.38. The number of aliphatic hydroxyl groups excluding tert-OH is 1. The zero-order chi connectivity index (χ0) is 14.9. The Labute approximate surface area is 118 Å². The number of rotatable bonds is 2. The Morgan fingerprint density at radius 3 is 2.75 bits per heavy atom. The molecule has 0 aliphatic carbocycles. The minimum absolute atomic E-state index is 0.0563. The van der Waals surface area contributed by atoms with Crippen LogP contribution < -0.4 is 0 Å². The Kier molecular flexibility index (Phi) is 3.99. The lowest BCUT2D eigenvalue weighted by Gasteiger charge is -2.34. The number of likely N-dealkylation sites (N-methyl/N-ethyl adjacent to an activating group) is 1. The summed E-state index contributed by atoms with van der Waals surface area (Å²) in [5.41, 5.74) is 0.605. The number of amides is 1. The molecule has 0 aromatic rings.